The molecule has 3 amide bonds. The number of amides is 3. The summed E-state index contributed by atoms with van der Waals surface area (Å²) in [6, 6.07) is 3.30. The number of thiophene rings is 1. The summed E-state index contributed by atoms with van der Waals surface area (Å²) < 4.78 is 4.99. The Morgan fingerprint density at radius 3 is 2.71 bits per heavy atom. The topological polar surface area (TPSA) is 84.5 Å². The predicted molar refractivity (Wildman–Crippen MR) is 92.5 cm³/mol. The molecule has 2 N–H and O–H groups in total. The van der Waals surface area contributed by atoms with Gasteiger partial charge in [0.1, 0.15) is 0 Å². The molecule has 1 aliphatic carbocycles. The minimum Gasteiger partial charge on any atom is -0.449 e. The minimum absolute atomic E-state index is 0.109. The Bertz CT molecular complexity index is 592. The van der Waals surface area contributed by atoms with Crippen LogP contribution in [0.2, 0.25) is 0 Å². The van der Waals surface area contributed by atoms with Crippen LogP contribution >= 0.6 is 11.3 Å². The Labute approximate surface area is 145 Å². The van der Waals surface area contributed by atoms with Crippen molar-refractivity contribution in [2.75, 3.05) is 0 Å². The first-order chi connectivity index (χ1) is 11.5. The maximum Gasteiger partial charge on any atom is 0.331 e. The van der Waals surface area contributed by atoms with Crippen LogP contribution in [0, 0.1) is 0 Å². The van der Waals surface area contributed by atoms with Gasteiger partial charge >= 0.3 is 12.0 Å². The van der Waals surface area contributed by atoms with Crippen molar-refractivity contribution >= 4 is 35.3 Å². The summed E-state index contributed by atoms with van der Waals surface area (Å²) in [5, 5.41) is 6.89. The Balaban J connectivity index is 1.72. The molecule has 2 rings (SSSR count). The van der Waals surface area contributed by atoms with Gasteiger partial charge in [-0.1, -0.05) is 25.3 Å². The number of esters is 1. The Morgan fingerprint density at radius 2 is 2.04 bits per heavy atom. The second-order valence-electron chi connectivity index (χ2n) is 5.73. The third-order valence-corrected chi connectivity index (χ3v) is 4.60. The van der Waals surface area contributed by atoms with Crippen LogP contribution in [0.1, 0.15) is 43.9 Å². The lowest BCUT2D eigenvalue weighted by molar-refractivity contribution is -0.149. The molecule has 0 saturated heterocycles. The molecule has 1 aliphatic rings. The third-order valence-electron chi connectivity index (χ3n) is 3.77. The molecule has 130 valence electrons. The summed E-state index contributed by atoms with van der Waals surface area (Å²) in [4.78, 5) is 36.3. The Morgan fingerprint density at radius 1 is 1.29 bits per heavy atom. The first kappa shape index (κ1) is 18.2. The molecule has 24 heavy (non-hydrogen) atoms. The lowest BCUT2D eigenvalue weighted by atomic mass is 9.96. The molecule has 0 bridgehead atoms. The van der Waals surface area contributed by atoms with Crippen molar-refractivity contribution < 1.29 is 19.1 Å². The van der Waals surface area contributed by atoms with Crippen LogP contribution in [0.4, 0.5) is 4.79 Å². The molecule has 7 heteroatoms. The van der Waals surface area contributed by atoms with E-state index in [0.717, 1.165) is 30.6 Å². The lowest BCUT2D eigenvalue weighted by Crippen LogP contribution is -2.48. The highest BCUT2D eigenvalue weighted by atomic mass is 32.1. The van der Waals surface area contributed by atoms with Crippen molar-refractivity contribution in [1.29, 1.82) is 0 Å². The molecular weight excluding hydrogens is 328 g/mol. The zero-order valence-corrected chi connectivity index (χ0v) is 14.4. The molecule has 1 atom stereocenters. The van der Waals surface area contributed by atoms with Gasteiger partial charge in [-0.2, -0.15) is 0 Å². The zero-order valence-electron chi connectivity index (χ0n) is 13.6. The van der Waals surface area contributed by atoms with E-state index in [-0.39, 0.29) is 6.04 Å². The van der Waals surface area contributed by atoms with Gasteiger partial charge in [0.2, 0.25) is 0 Å². The fourth-order valence-corrected chi connectivity index (χ4v) is 3.10. The standard InChI is InChI=1S/C17H22N2O4S/c1-12(23-15(20)10-9-14-8-5-11-24-14)16(21)19-17(22)18-13-6-3-2-4-7-13/h5,8-13H,2-4,6-7H2,1H3,(H2,18,19,21,22)/b10-9+/t12-/m1/s1. The SMILES string of the molecule is C[C@@H](OC(=O)/C=C/c1cccs1)C(=O)NC(=O)NC1CCCCC1. The normalized spacial score (nSPS) is 16.5. The molecule has 0 unspecified atom stereocenters. The number of rotatable bonds is 5. The van der Waals surface area contributed by atoms with E-state index in [1.165, 1.54) is 30.8 Å². The van der Waals surface area contributed by atoms with Crippen molar-refractivity contribution in [1.82, 2.24) is 10.6 Å². The molecule has 0 aliphatic heterocycles. The summed E-state index contributed by atoms with van der Waals surface area (Å²) >= 11 is 1.49. The van der Waals surface area contributed by atoms with Gasteiger partial charge in [0.25, 0.3) is 5.91 Å². The average molecular weight is 350 g/mol. The second kappa shape index (κ2) is 9.22. The summed E-state index contributed by atoms with van der Waals surface area (Å²) in [5.41, 5.74) is 0. The van der Waals surface area contributed by atoms with E-state index in [1.807, 2.05) is 17.5 Å². The fourth-order valence-electron chi connectivity index (χ4n) is 2.49. The lowest BCUT2D eigenvalue weighted by Gasteiger charge is -2.23. The van der Waals surface area contributed by atoms with Crippen molar-refractivity contribution in [2.24, 2.45) is 0 Å². The predicted octanol–water partition coefficient (Wildman–Crippen LogP) is 2.85. The largest absolute Gasteiger partial charge is 0.449 e. The molecule has 0 spiro atoms. The van der Waals surface area contributed by atoms with E-state index in [0.29, 0.717) is 0 Å². The maximum absolute atomic E-state index is 11.9. The molecule has 1 saturated carbocycles. The summed E-state index contributed by atoms with van der Waals surface area (Å²) in [6.45, 7) is 1.43. The fraction of sp³-hybridized carbons (Fsp3) is 0.471. The molecule has 6 nitrogen and oxygen atoms in total. The number of carbonyl (C=O) groups excluding carboxylic acids is 3. The van der Waals surface area contributed by atoms with Gasteiger partial charge in [-0.15, -0.1) is 11.3 Å². The summed E-state index contributed by atoms with van der Waals surface area (Å²) in [5.74, 6) is -1.26. The van der Waals surface area contributed by atoms with Crippen LogP contribution in [0.15, 0.2) is 23.6 Å². The number of nitrogens with one attached hydrogen (secondary N) is 2. The van der Waals surface area contributed by atoms with Crippen LogP contribution in [0.3, 0.4) is 0 Å². The van der Waals surface area contributed by atoms with Gasteiger partial charge in [-0.3, -0.25) is 10.1 Å². The van der Waals surface area contributed by atoms with Crippen LogP contribution in [0.25, 0.3) is 6.08 Å². The van der Waals surface area contributed by atoms with Gasteiger partial charge in [-0.25, -0.2) is 9.59 Å². The van der Waals surface area contributed by atoms with Crippen molar-refractivity contribution in [2.45, 2.75) is 51.2 Å². The monoisotopic (exact) mass is 350 g/mol. The van der Waals surface area contributed by atoms with Crippen LogP contribution in [0.5, 0.6) is 0 Å². The summed E-state index contributed by atoms with van der Waals surface area (Å²) in [7, 11) is 0. The molecule has 1 heterocycles. The molecular formula is C17H22N2O4S. The van der Waals surface area contributed by atoms with Gasteiger partial charge in [0, 0.05) is 17.0 Å². The Hall–Kier alpha value is -2.15. The van der Waals surface area contributed by atoms with Gasteiger partial charge in [-0.05, 0) is 37.3 Å². The average Bonchev–Trinajstić information content (AvgIpc) is 3.07. The first-order valence-electron chi connectivity index (χ1n) is 8.08. The van der Waals surface area contributed by atoms with Crippen LogP contribution in [-0.2, 0) is 14.3 Å². The number of ether oxygens (including phenoxy) is 1. The van der Waals surface area contributed by atoms with E-state index in [9.17, 15) is 14.4 Å². The van der Waals surface area contributed by atoms with E-state index in [1.54, 1.807) is 6.08 Å². The summed E-state index contributed by atoms with van der Waals surface area (Å²) in [6.07, 6.45) is 7.06. The highest BCUT2D eigenvalue weighted by Crippen LogP contribution is 2.17. The van der Waals surface area contributed by atoms with Crippen LogP contribution in [-0.4, -0.2) is 30.1 Å². The van der Waals surface area contributed by atoms with Crippen LogP contribution < -0.4 is 10.6 Å². The van der Waals surface area contributed by atoms with Gasteiger partial charge < -0.3 is 10.1 Å². The highest BCUT2D eigenvalue weighted by molar-refractivity contribution is 7.10. The number of hydrogen-bond donors (Lipinski definition) is 2. The number of carbonyl (C=O) groups is 3. The highest BCUT2D eigenvalue weighted by Gasteiger charge is 2.21. The van der Waals surface area contributed by atoms with E-state index < -0.39 is 24.0 Å². The van der Waals surface area contributed by atoms with E-state index in [4.69, 9.17) is 4.74 Å². The number of urea groups is 1. The van der Waals surface area contributed by atoms with Crippen molar-refractivity contribution in [3.63, 3.8) is 0 Å². The molecule has 1 fully saturated rings. The second-order valence-corrected chi connectivity index (χ2v) is 6.70. The Kier molecular flexibility index (Phi) is 6.99. The van der Waals surface area contributed by atoms with E-state index in [2.05, 4.69) is 10.6 Å². The molecule has 1 aromatic rings. The number of hydrogen-bond acceptors (Lipinski definition) is 5. The quantitative estimate of drug-likeness (QED) is 0.632. The van der Waals surface area contributed by atoms with Gasteiger partial charge in [0.15, 0.2) is 6.10 Å². The third kappa shape index (κ3) is 6.16. The molecule has 0 aromatic carbocycles. The van der Waals surface area contributed by atoms with Crippen molar-refractivity contribution in [3.8, 4) is 0 Å². The maximum atomic E-state index is 11.9. The van der Waals surface area contributed by atoms with E-state index >= 15 is 0 Å². The molecule has 1 aromatic heterocycles. The van der Waals surface area contributed by atoms with Gasteiger partial charge in [0.05, 0.1) is 0 Å². The zero-order chi connectivity index (χ0) is 17.4. The smallest absolute Gasteiger partial charge is 0.331 e. The molecule has 0 radical (unpaired) electrons. The van der Waals surface area contributed by atoms with Crippen molar-refractivity contribution in [3.05, 3.63) is 28.5 Å². The number of imide groups is 1. The minimum atomic E-state index is -1.04. The first-order valence-corrected chi connectivity index (χ1v) is 8.96.